The number of unbranched alkanes of at least 4 members (excludes halogenated alkanes) is 1. The molecule has 0 radical (unpaired) electrons. The first-order valence-corrected chi connectivity index (χ1v) is 7.67. The molecule has 0 saturated heterocycles. The van der Waals surface area contributed by atoms with Crippen LogP contribution in [0.25, 0.3) is 10.9 Å². The van der Waals surface area contributed by atoms with E-state index in [1.54, 1.807) is 6.07 Å². The number of ether oxygens (including phenoxy) is 2. The highest BCUT2D eigenvalue weighted by atomic mass is 16.6. The van der Waals surface area contributed by atoms with Crippen molar-refractivity contribution in [1.29, 1.82) is 0 Å². The van der Waals surface area contributed by atoms with Gasteiger partial charge in [-0.1, -0.05) is 26.0 Å². The summed E-state index contributed by atoms with van der Waals surface area (Å²) >= 11 is 0. The molecule has 7 nitrogen and oxygen atoms in total. The Morgan fingerprint density at radius 3 is 2.71 bits per heavy atom. The molecular weight excluding hydrogens is 312 g/mol. The summed E-state index contributed by atoms with van der Waals surface area (Å²) in [5.74, 6) is 0.370. The van der Waals surface area contributed by atoms with Crippen molar-refractivity contribution >= 4 is 16.6 Å². The maximum absolute atomic E-state index is 12.8. The Morgan fingerprint density at radius 1 is 1.38 bits per heavy atom. The molecule has 0 bridgehead atoms. The van der Waals surface area contributed by atoms with Gasteiger partial charge in [-0.3, -0.25) is 14.9 Å². The van der Waals surface area contributed by atoms with Crippen LogP contribution in [0.3, 0.4) is 0 Å². The molecule has 0 aliphatic carbocycles. The molecule has 0 amide bonds. The van der Waals surface area contributed by atoms with Gasteiger partial charge in [0.15, 0.2) is 5.75 Å². The van der Waals surface area contributed by atoms with Crippen LogP contribution in [0, 0.1) is 10.1 Å². The van der Waals surface area contributed by atoms with Crippen LogP contribution < -0.4 is 15.0 Å². The summed E-state index contributed by atoms with van der Waals surface area (Å²) in [4.78, 5) is 23.4. The molecule has 1 heterocycles. The summed E-state index contributed by atoms with van der Waals surface area (Å²) in [6.45, 7) is 6.20. The van der Waals surface area contributed by atoms with Gasteiger partial charge in [-0.05, 0) is 12.5 Å². The number of hydrogen-bond donors (Lipinski definition) is 0. The van der Waals surface area contributed by atoms with Crippen LogP contribution in [-0.2, 0) is 6.54 Å². The molecule has 1 aromatic carbocycles. The Hall–Kier alpha value is -2.83. The van der Waals surface area contributed by atoms with Crippen LogP contribution in [-0.4, -0.2) is 23.2 Å². The average Bonchev–Trinajstić information content (AvgIpc) is 2.58. The van der Waals surface area contributed by atoms with Crippen molar-refractivity contribution in [3.8, 4) is 11.5 Å². The Kier molecular flexibility index (Phi) is 5.57. The van der Waals surface area contributed by atoms with Crippen LogP contribution in [0.2, 0.25) is 0 Å². The van der Waals surface area contributed by atoms with Gasteiger partial charge >= 0.3 is 0 Å². The second-order valence-electron chi connectivity index (χ2n) is 5.23. The van der Waals surface area contributed by atoms with E-state index >= 15 is 0 Å². The fraction of sp³-hybridized carbons (Fsp3) is 0.353. The quantitative estimate of drug-likeness (QED) is 0.421. The predicted octanol–water partition coefficient (Wildman–Crippen LogP) is 3.28. The second kappa shape index (κ2) is 7.63. The van der Waals surface area contributed by atoms with Crippen molar-refractivity contribution in [3.05, 3.63) is 51.3 Å². The number of aromatic nitrogens is 1. The maximum Gasteiger partial charge on any atom is 0.297 e. The zero-order valence-electron chi connectivity index (χ0n) is 13.8. The van der Waals surface area contributed by atoms with E-state index in [0.717, 1.165) is 12.8 Å². The fourth-order valence-electron chi connectivity index (χ4n) is 2.51. The first-order chi connectivity index (χ1) is 11.5. The minimum absolute atomic E-state index is 0.0750. The summed E-state index contributed by atoms with van der Waals surface area (Å²) in [5, 5.41) is 11.7. The summed E-state index contributed by atoms with van der Waals surface area (Å²) in [7, 11) is 1.44. The molecule has 2 aromatic rings. The van der Waals surface area contributed by atoms with E-state index in [4.69, 9.17) is 9.47 Å². The lowest BCUT2D eigenvalue weighted by Crippen LogP contribution is -2.23. The highest BCUT2D eigenvalue weighted by molar-refractivity contribution is 5.89. The number of nitrogens with zero attached hydrogens (tertiary/aromatic N) is 2. The highest BCUT2D eigenvalue weighted by Gasteiger charge is 2.20. The second-order valence-corrected chi connectivity index (χ2v) is 5.23. The number of methoxy groups -OCH3 is 1. The first kappa shape index (κ1) is 17.5. The van der Waals surface area contributed by atoms with Crippen LogP contribution in [0.1, 0.15) is 19.8 Å². The Bertz CT molecular complexity index is 826. The van der Waals surface area contributed by atoms with Crippen molar-refractivity contribution in [2.45, 2.75) is 26.3 Å². The van der Waals surface area contributed by atoms with Crippen molar-refractivity contribution < 1.29 is 14.4 Å². The third kappa shape index (κ3) is 3.24. The Labute approximate surface area is 139 Å². The largest absolute Gasteiger partial charge is 0.492 e. The molecule has 0 N–H and O–H groups in total. The summed E-state index contributed by atoms with van der Waals surface area (Å²) in [6.07, 6.45) is 3.19. The van der Waals surface area contributed by atoms with Crippen molar-refractivity contribution in [2.75, 3.05) is 13.7 Å². The molecular formula is C17H20N2O5. The summed E-state index contributed by atoms with van der Waals surface area (Å²) in [6, 6.07) is 4.36. The molecule has 128 valence electrons. The van der Waals surface area contributed by atoms with Gasteiger partial charge in [0, 0.05) is 24.1 Å². The summed E-state index contributed by atoms with van der Waals surface area (Å²) in [5.41, 5.74) is 0.0227. The van der Waals surface area contributed by atoms with E-state index in [1.807, 2.05) is 6.92 Å². The van der Waals surface area contributed by atoms with Gasteiger partial charge in [-0.25, -0.2) is 0 Å². The number of benzene rings is 1. The van der Waals surface area contributed by atoms with Gasteiger partial charge < -0.3 is 14.0 Å². The van der Waals surface area contributed by atoms with Gasteiger partial charge in [-0.2, -0.15) is 0 Å². The molecule has 0 unspecified atom stereocenters. The molecule has 0 fully saturated rings. The third-order valence-electron chi connectivity index (χ3n) is 3.66. The average molecular weight is 332 g/mol. The molecule has 0 aliphatic rings. The molecule has 2 rings (SSSR count). The number of nitro groups is 1. The molecule has 0 saturated carbocycles. The van der Waals surface area contributed by atoms with E-state index in [-0.39, 0.29) is 29.4 Å². The lowest BCUT2D eigenvalue weighted by Gasteiger charge is -2.16. The topological polar surface area (TPSA) is 83.6 Å². The van der Waals surface area contributed by atoms with Crippen LogP contribution >= 0.6 is 0 Å². The zero-order chi connectivity index (χ0) is 17.7. The van der Waals surface area contributed by atoms with Gasteiger partial charge in [0.1, 0.15) is 6.61 Å². The van der Waals surface area contributed by atoms with Gasteiger partial charge in [0.25, 0.3) is 11.2 Å². The van der Waals surface area contributed by atoms with Gasteiger partial charge in [0.2, 0.25) is 5.75 Å². The van der Waals surface area contributed by atoms with Crippen LogP contribution in [0.4, 0.5) is 5.69 Å². The molecule has 7 heteroatoms. The first-order valence-electron chi connectivity index (χ1n) is 7.67. The van der Waals surface area contributed by atoms with Crippen molar-refractivity contribution in [2.24, 2.45) is 0 Å². The van der Waals surface area contributed by atoms with E-state index in [1.165, 1.54) is 29.9 Å². The highest BCUT2D eigenvalue weighted by Crippen LogP contribution is 2.34. The molecule has 1 aromatic heterocycles. The monoisotopic (exact) mass is 332 g/mol. The van der Waals surface area contributed by atoms with Crippen molar-refractivity contribution in [3.63, 3.8) is 0 Å². The Morgan fingerprint density at radius 2 is 2.12 bits per heavy atom. The number of aryl methyl sites for hydroxylation is 1. The number of fused-ring (bicyclic) bond motifs is 1. The predicted molar refractivity (Wildman–Crippen MR) is 92.0 cm³/mol. The standard InChI is InChI=1S/C17H20N2O5/c1-4-6-9-18-14-11-12(19(21)22)7-8-13(14)15(23-3)16(17(18)20)24-10-5-2/h5,7-8,11H,2,4,6,9-10H2,1,3H3. The Balaban J connectivity index is 2.81. The van der Waals surface area contributed by atoms with E-state index in [0.29, 0.717) is 17.4 Å². The summed E-state index contributed by atoms with van der Waals surface area (Å²) < 4.78 is 12.4. The minimum atomic E-state index is -0.483. The lowest BCUT2D eigenvalue weighted by molar-refractivity contribution is -0.384. The van der Waals surface area contributed by atoms with Crippen LogP contribution in [0.5, 0.6) is 11.5 Å². The molecule has 0 atom stereocenters. The number of rotatable bonds is 8. The van der Waals surface area contributed by atoms with E-state index < -0.39 is 4.92 Å². The van der Waals surface area contributed by atoms with Crippen molar-refractivity contribution in [1.82, 2.24) is 4.57 Å². The SMILES string of the molecule is C=CCOc1c(OC)c2ccc([N+](=O)[O-])cc2n(CCCC)c1=O. The lowest BCUT2D eigenvalue weighted by atomic mass is 10.1. The number of non-ortho nitro benzene ring substituents is 1. The fourth-order valence-corrected chi connectivity index (χ4v) is 2.51. The normalized spacial score (nSPS) is 10.6. The molecule has 0 spiro atoms. The number of pyridine rings is 1. The third-order valence-corrected chi connectivity index (χ3v) is 3.66. The van der Waals surface area contributed by atoms with E-state index in [9.17, 15) is 14.9 Å². The molecule has 24 heavy (non-hydrogen) atoms. The molecule has 0 aliphatic heterocycles. The van der Waals surface area contributed by atoms with Gasteiger partial charge in [0.05, 0.1) is 17.5 Å². The maximum atomic E-state index is 12.8. The number of nitro benzene ring substituents is 1. The minimum Gasteiger partial charge on any atom is -0.492 e. The van der Waals surface area contributed by atoms with Gasteiger partial charge in [-0.15, -0.1) is 0 Å². The zero-order valence-corrected chi connectivity index (χ0v) is 13.8. The van der Waals surface area contributed by atoms with E-state index in [2.05, 4.69) is 6.58 Å². The van der Waals surface area contributed by atoms with Crippen LogP contribution in [0.15, 0.2) is 35.6 Å². The smallest absolute Gasteiger partial charge is 0.297 e. The number of hydrogen-bond acceptors (Lipinski definition) is 5.